The summed E-state index contributed by atoms with van der Waals surface area (Å²) < 4.78 is 23.7. The zero-order valence-electron chi connectivity index (χ0n) is 20.9. The van der Waals surface area contributed by atoms with E-state index in [1.54, 1.807) is 0 Å². The Balaban J connectivity index is 0.00000481. The van der Waals surface area contributed by atoms with Crippen molar-refractivity contribution >= 4 is 78.7 Å². The van der Waals surface area contributed by atoms with Gasteiger partial charge < -0.3 is 46.4 Å². The van der Waals surface area contributed by atoms with Crippen LogP contribution < -0.4 is 42.4 Å². The van der Waals surface area contributed by atoms with E-state index in [9.17, 15) is 29.4 Å². The fourth-order valence-corrected chi connectivity index (χ4v) is 3.21. The Morgan fingerprint density at radius 3 is 2.65 bits per heavy atom. The van der Waals surface area contributed by atoms with Gasteiger partial charge in [0.2, 0.25) is 5.95 Å². The number of carbonyl (C=O) groups excluding carboxylic acids is 3. The second kappa shape index (κ2) is 11.9. The van der Waals surface area contributed by atoms with E-state index >= 15 is 0 Å². The average Bonchev–Trinajstić information content (AvgIpc) is 2.79. The van der Waals surface area contributed by atoms with E-state index in [0.717, 1.165) is 4.90 Å². The number of amides is 1. The zero-order valence-corrected chi connectivity index (χ0v) is 20.1. The van der Waals surface area contributed by atoms with Crippen LogP contribution in [0.3, 0.4) is 0 Å². The maximum atomic E-state index is 12.4. The molecule has 0 bridgehead atoms. The summed E-state index contributed by atoms with van der Waals surface area (Å²) in [5.74, 6) is -3.91. The normalized spacial score (nSPS) is 16.9. The van der Waals surface area contributed by atoms with Crippen molar-refractivity contribution in [2.75, 3.05) is 41.3 Å². The SMILES string of the molecule is [2H]C([2H])([2H])N1c2c(nc(N)[nH]c2=O)NCC1CNc1ccc(C(=O)N[C@@H](CCC(=O)[O-])C(=O)[O-])cc1.[Ca+2]. The van der Waals surface area contributed by atoms with Gasteiger partial charge in [-0.3, -0.25) is 14.6 Å². The van der Waals surface area contributed by atoms with Crippen LogP contribution in [-0.2, 0) is 9.59 Å². The molecule has 0 fully saturated rings. The molecule has 6 N–H and O–H groups in total. The fourth-order valence-electron chi connectivity index (χ4n) is 3.21. The predicted octanol–water partition coefficient (Wildman–Crippen LogP) is -3.31. The van der Waals surface area contributed by atoms with Gasteiger partial charge in [-0.1, -0.05) is 0 Å². The van der Waals surface area contributed by atoms with Crippen molar-refractivity contribution in [3.63, 3.8) is 0 Å². The van der Waals surface area contributed by atoms with E-state index in [1.165, 1.54) is 24.3 Å². The number of hydrogen-bond donors (Lipinski definition) is 5. The third kappa shape index (κ3) is 6.74. The number of nitrogens with one attached hydrogen (secondary N) is 4. The van der Waals surface area contributed by atoms with Crippen LogP contribution in [0.5, 0.6) is 0 Å². The van der Waals surface area contributed by atoms with Crippen LogP contribution in [0.15, 0.2) is 29.1 Å². The third-order valence-electron chi connectivity index (χ3n) is 4.94. The first-order valence-electron chi connectivity index (χ1n) is 11.4. The van der Waals surface area contributed by atoms with Crippen LogP contribution in [0.1, 0.15) is 27.3 Å². The van der Waals surface area contributed by atoms with E-state index < -0.39 is 48.9 Å². The summed E-state index contributed by atoms with van der Waals surface area (Å²) in [4.78, 5) is 53.7. The Morgan fingerprint density at radius 1 is 1.32 bits per heavy atom. The van der Waals surface area contributed by atoms with E-state index in [2.05, 4.69) is 25.9 Å². The van der Waals surface area contributed by atoms with E-state index in [1.807, 2.05) is 0 Å². The predicted molar refractivity (Wildman–Crippen MR) is 121 cm³/mol. The molecule has 1 aromatic heterocycles. The minimum absolute atomic E-state index is 0. The molecular weight excluding hydrogens is 474 g/mol. The molecule has 3 rings (SSSR count). The van der Waals surface area contributed by atoms with Gasteiger partial charge in [0.25, 0.3) is 11.5 Å². The molecule has 14 heteroatoms. The molecule has 176 valence electrons. The van der Waals surface area contributed by atoms with Crippen molar-refractivity contribution < 1.29 is 28.7 Å². The van der Waals surface area contributed by atoms with Crippen molar-refractivity contribution in [1.82, 2.24) is 15.3 Å². The number of nitrogen functional groups attached to an aromatic ring is 1. The minimum atomic E-state index is -2.65. The topological polar surface area (TPSA) is 208 Å². The van der Waals surface area contributed by atoms with Crippen LogP contribution in [0.4, 0.5) is 23.1 Å². The van der Waals surface area contributed by atoms with Crippen molar-refractivity contribution in [3.05, 3.63) is 40.2 Å². The van der Waals surface area contributed by atoms with Crippen LogP contribution in [0.2, 0.25) is 0 Å². The Kier molecular flexibility index (Phi) is 7.96. The van der Waals surface area contributed by atoms with Crippen LogP contribution in [0.25, 0.3) is 0 Å². The number of fused-ring (bicyclic) bond motifs is 1. The summed E-state index contributed by atoms with van der Waals surface area (Å²) in [6, 6.07) is 3.64. The number of aromatic amines is 1. The number of rotatable bonds is 9. The van der Waals surface area contributed by atoms with Crippen LogP contribution in [-0.4, -0.2) is 97.7 Å². The van der Waals surface area contributed by atoms with Crippen molar-refractivity contribution in [2.45, 2.75) is 24.9 Å². The van der Waals surface area contributed by atoms with Gasteiger partial charge in [0.05, 0.1) is 18.1 Å². The molecule has 0 saturated carbocycles. The number of aliphatic carboxylic acids is 2. The van der Waals surface area contributed by atoms with Gasteiger partial charge in [0.15, 0.2) is 5.82 Å². The van der Waals surface area contributed by atoms with Crippen molar-refractivity contribution in [3.8, 4) is 0 Å². The van der Waals surface area contributed by atoms with Gasteiger partial charge in [0.1, 0.15) is 5.69 Å². The van der Waals surface area contributed by atoms with Crippen molar-refractivity contribution in [1.29, 1.82) is 0 Å². The summed E-state index contributed by atoms with van der Waals surface area (Å²) in [5, 5.41) is 29.9. The molecule has 2 atom stereocenters. The Hall–Kier alpha value is -3.03. The zero-order chi connectivity index (χ0) is 26.6. The summed E-state index contributed by atoms with van der Waals surface area (Å²) in [7, 11) is 0. The Bertz CT molecular complexity index is 1210. The maximum absolute atomic E-state index is 12.4. The molecule has 34 heavy (non-hydrogen) atoms. The number of nitrogens with zero attached hydrogens (tertiary/aromatic N) is 2. The molecule has 1 unspecified atom stereocenters. The van der Waals surface area contributed by atoms with E-state index in [0.29, 0.717) is 5.69 Å². The van der Waals surface area contributed by atoms with Crippen LogP contribution >= 0.6 is 0 Å². The van der Waals surface area contributed by atoms with Gasteiger partial charge >= 0.3 is 37.7 Å². The number of anilines is 4. The number of nitrogens with two attached hydrogens (primary N) is 1. The monoisotopic (exact) mass is 500 g/mol. The number of hydrogen-bond acceptors (Lipinski definition) is 11. The summed E-state index contributed by atoms with van der Waals surface area (Å²) >= 11 is 0. The smallest absolute Gasteiger partial charge is 0.550 e. The Labute approximate surface area is 228 Å². The maximum Gasteiger partial charge on any atom is 2.00 e. The molecule has 0 saturated heterocycles. The quantitative estimate of drug-likeness (QED) is 0.215. The summed E-state index contributed by atoms with van der Waals surface area (Å²) in [6.07, 6.45) is -0.954. The summed E-state index contributed by atoms with van der Waals surface area (Å²) in [5.41, 5.74) is 5.31. The number of H-pyrrole nitrogens is 1. The average molecular weight is 501 g/mol. The van der Waals surface area contributed by atoms with Crippen LogP contribution in [0, 0.1) is 0 Å². The first-order valence-corrected chi connectivity index (χ1v) is 9.85. The molecule has 1 aliphatic heterocycles. The Morgan fingerprint density at radius 2 is 2.03 bits per heavy atom. The first kappa shape index (κ1) is 22.7. The minimum Gasteiger partial charge on any atom is -0.550 e. The third-order valence-corrected chi connectivity index (χ3v) is 4.94. The molecule has 0 spiro atoms. The van der Waals surface area contributed by atoms with Gasteiger partial charge in [-0.05, 0) is 37.1 Å². The van der Waals surface area contributed by atoms with E-state index in [-0.39, 0.29) is 80.3 Å². The molecule has 13 nitrogen and oxygen atoms in total. The van der Waals surface area contributed by atoms with Gasteiger partial charge in [-0.2, -0.15) is 4.98 Å². The van der Waals surface area contributed by atoms with Gasteiger partial charge in [0, 0.05) is 41.4 Å². The molecule has 1 amide bonds. The number of aromatic nitrogens is 2. The number of carboxylic acids is 2. The first-order chi connectivity index (χ1) is 16.9. The van der Waals surface area contributed by atoms with E-state index in [4.69, 9.17) is 9.85 Å². The second-order valence-electron chi connectivity index (χ2n) is 7.27. The second-order valence-corrected chi connectivity index (χ2v) is 7.27. The molecule has 2 aromatic rings. The van der Waals surface area contributed by atoms with Crippen molar-refractivity contribution in [2.24, 2.45) is 0 Å². The molecule has 2 heterocycles. The number of carboxylic acid groups (broad SMARTS) is 2. The largest absolute Gasteiger partial charge is 2.00 e. The molecule has 0 aliphatic carbocycles. The number of benzene rings is 1. The molecule has 1 aliphatic rings. The molecule has 1 aromatic carbocycles. The van der Waals surface area contributed by atoms with Gasteiger partial charge in [-0.15, -0.1) is 0 Å². The fraction of sp³-hybridized carbons (Fsp3) is 0.350. The number of likely N-dealkylation sites (N-methyl/N-ethyl adjacent to an activating group) is 1. The molecule has 0 radical (unpaired) electrons. The molecular formula is C20H23CaN7O6. The number of carbonyl (C=O) groups is 3. The standard InChI is InChI=1S/C20H25N7O6.Ca/c1-27-12(9-23-16-15(27)18(31)26-20(21)25-16)8-22-11-4-2-10(3-5-11)17(30)24-13(19(32)33)6-7-14(28)29;/h2-5,12-13,22H,6-9H2,1H3,(H,24,30)(H,28,29)(H,32,33)(H4,21,23,25,26,31);/q;+2/p-2/t12?,13-;/m0./s1/i1D3;. The summed E-state index contributed by atoms with van der Waals surface area (Å²) in [6.45, 7) is -2.41. The van der Waals surface area contributed by atoms with Gasteiger partial charge in [-0.25, -0.2) is 0 Å².